The number of ether oxygens (including phenoxy) is 2. The van der Waals surface area contributed by atoms with Gasteiger partial charge >= 0.3 is 11.9 Å². The van der Waals surface area contributed by atoms with E-state index in [1.165, 1.54) is 5.56 Å². The molecule has 0 spiro atoms. The molecule has 1 aliphatic heterocycles. The van der Waals surface area contributed by atoms with Gasteiger partial charge in [-0.15, -0.1) is 0 Å². The predicted octanol–water partition coefficient (Wildman–Crippen LogP) is 10.2. The van der Waals surface area contributed by atoms with E-state index in [4.69, 9.17) is 14.3 Å². The molecule has 2 aromatic rings. The van der Waals surface area contributed by atoms with E-state index in [9.17, 15) is 19.5 Å². The molecule has 0 saturated carbocycles. The zero-order chi connectivity index (χ0) is 41.9. The summed E-state index contributed by atoms with van der Waals surface area (Å²) in [5.41, 5.74) is 0.272. The Morgan fingerprint density at radius 3 is 1.98 bits per heavy atom. The first kappa shape index (κ1) is 47.3. The number of esters is 2. The topological polar surface area (TPSA) is 102 Å². The summed E-state index contributed by atoms with van der Waals surface area (Å²) in [7, 11) is 0. The Morgan fingerprint density at radius 1 is 0.857 bits per heavy atom. The second-order valence-electron chi connectivity index (χ2n) is 18.3. The molecule has 8 nitrogen and oxygen atoms in total. The SMILES string of the molecule is CCCCOC(=O)C(CC(C)(C)C(C)c1ccccc1)C(C)C(C)(Cc1ccccc1)CC(C(=O)OCCO)C(C)ON1C(C)(CC)CC(=O)C(C)C1(C)CC. The summed E-state index contributed by atoms with van der Waals surface area (Å²) in [5, 5.41) is 11.8. The van der Waals surface area contributed by atoms with Crippen LogP contribution in [0, 0.1) is 34.5 Å². The van der Waals surface area contributed by atoms with Crippen molar-refractivity contribution in [3.05, 3.63) is 71.8 Å². The summed E-state index contributed by atoms with van der Waals surface area (Å²) in [6, 6.07) is 20.7. The molecule has 314 valence electrons. The maximum Gasteiger partial charge on any atom is 0.311 e. The number of carbonyl (C=O) groups is 3. The van der Waals surface area contributed by atoms with Crippen molar-refractivity contribution >= 4 is 17.7 Å². The van der Waals surface area contributed by atoms with Crippen LogP contribution in [-0.4, -0.2) is 64.9 Å². The van der Waals surface area contributed by atoms with Crippen molar-refractivity contribution in [3.63, 3.8) is 0 Å². The highest BCUT2D eigenvalue weighted by Gasteiger charge is 2.55. The van der Waals surface area contributed by atoms with Gasteiger partial charge in [-0.2, -0.15) is 5.06 Å². The zero-order valence-corrected chi connectivity index (χ0v) is 36.9. The van der Waals surface area contributed by atoms with Crippen LogP contribution in [0.1, 0.15) is 145 Å². The molecule has 56 heavy (non-hydrogen) atoms. The van der Waals surface area contributed by atoms with Crippen molar-refractivity contribution in [1.29, 1.82) is 0 Å². The van der Waals surface area contributed by atoms with E-state index in [0.29, 0.717) is 45.1 Å². The van der Waals surface area contributed by atoms with Gasteiger partial charge in [-0.1, -0.05) is 129 Å². The summed E-state index contributed by atoms with van der Waals surface area (Å²) >= 11 is 0. The highest BCUT2D eigenvalue weighted by molar-refractivity contribution is 5.84. The fraction of sp³-hybridized carbons (Fsp3) is 0.688. The maximum atomic E-state index is 14.4. The van der Waals surface area contributed by atoms with Crippen LogP contribution in [0.25, 0.3) is 0 Å². The molecule has 0 aromatic heterocycles. The van der Waals surface area contributed by atoms with Gasteiger partial charge in [0.15, 0.2) is 0 Å². The first-order valence-corrected chi connectivity index (χ1v) is 21.4. The number of aliphatic hydroxyl groups is 1. The summed E-state index contributed by atoms with van der Waals surface area (Å²) < 4.78 is 11.8. The molecular weight excluding hydrogens is 703 g/mol. The Labute approximate surface area is 339 Å². The van der Waals surface area contributed by atoms with Crippen molar-refractivity contribution < 1.29 is 33.8 Å². The second-order valence-corrected chi connectivity index (χ2v) is 18.3. The summed E-state index contributed by atoms with van der Waals surface area (Å²) in [4.78, 5) is 49.1. The van der Waals surface area contributed by atoms with E-state index in [1.54, 1.807) is 0 Å². The third-order valence-electron chi connectivity index (χ3n) is 14.0. The molecule has 0 amide bonds. The number of rotatable bonds is 22. The van der Waals surface area contributed by atoms with E-state index in [2.05, 4.69) is 106 Å². The molecule has 9 unspecified atom stereocenters. The first-order chi connectivity index (χ1) is 26.3. The summed E-state index contributed by atoms with van der Waals surface area (Å²) in [5.74, 6) is -1.97. The van der Waals surface area contributed by atoms with Crippen molar-refractivity contribution in [2.75, 3.05) is 19.8 Å². The third kappa shape index (κ3) is 11.3. The molecule has 1 saturated heterocycles. The van der Waals surface area contributed by atoms with Crippen LogP contribution in [0.2, 0.25) is 0 Å². The van der Waals surface area contributed by atoms with Crippen LogP contribution in [0.3, 0.4) is 0 Å². The number of ketones is 1. The zero-order valence-electron chi connectivity index (χ0n) is 36.9. The average Bonchev–Trinajstić information content (AvgIpc) is 3.19. The number of benzene rings is 2. The Hall–Kier alpha value is -3.07. The van der Waals surface area contributed by atoms with Crippen LogP contribution in [-0.2, 0) is 35.1 Å². The number of piperidine rings is 1. The number of carbonyl (C=O) groups excluding carboxylic acids is 3. The smallest absolute Gasteiger partial charge is 0.311 e. The Morgan fingerprint density at radius 2 is 1.43 bits per heavy atom. The van der Waals surface area contributed by atoms with Crippen molar-refractivity contribution in [3.8, 4) is 0 Å². The van der Waals surface area contributed by atoms with Crippen LogP contribution >= 0.6 is 0 Å². The van der Waals surface area contributed by atoms with E-state index in [1.807, 2.05) is 43.2 Å². The van der Waals surface area contributed by atoms with E-state index in [0.717, 1.165) is 18.4 Å². The van der Waals surface area contributed by atoms with Crippen molar-refractivity contribution in [2.45, 2.75) is 158 Å². The quantitative estimate of drug-likeness (QED) is 0.0932. The van der Waals surface area contributed by atoms with Gasteiger partial charge < -0.3 is 14.6 Å². The van der Waals surface area contributed by atoms with E-state index >= 15 is 0 Å². The van der Waals surface area contributed by atoms with Gasteiger partial charge in [-0.25, -0.2) is 0 Å². The van der Waals surface area contributed by atoms with Crippen molar-refractivity contribution in [1.82, 2.24) is 5.06 Å². The fourth-order valence-electron chi connectivity index (χ4n) is 8.93. The third-order valence-corrected chi connectivity index (χ3v) is 14.0. The highest BCUT2D eigenvalue weighted by atomic mass is 16.7. The van der Waals surface area contributed by atoms with Crippen LogP contribution in [0.15, 0.2) is 60.7 Å². The molecule has 1 N–H and O–H groups in total. The number of aliphatic hydroxyl groups excluding tert-OH is 1. The highest BCUT2D eigenvalue weighted by Crippen LogP contribution is 2.50. The lowest BCUT2D eigenvalue weighted by Gasteiger charge is -2.57. The van der Waals surface area contributed by atoms with Gasteiger partial charge in [-0.3, -0.25) is 19.2 Å². The van der Waals surface area contributed by atoms with E-state index in [-0.39, 0.29) is 48.1 Å². The minimum absolute atomic E-state index is 0.125. The lowest BCUT2D eigenvalue weighted by atomic mass is 9.60. The molecule has 0 aliphatic carbocycles. The number of nitrogens with zero attached hydrogens (tertiary/aromatic N) is 1. The molecule has 2 aromatic carbocycles. The Kier molecular flexibility index (Phi) is 17.4. The predicted molar refractivity (Wildman–Crippen MR) is 225 cm³/mol. The lowest BCUT2D eigenvalue weighted by Crippen LogP contribution is -2.67. The Balaban J connectivity index is 2.16. The number of hydroxylamine groups is 2. The van der Waals surface area contributed by atoms with E-state index < -0.39 is 40.4 Å². The maximum absolute atomic E-state index is 14.4. The molecule has 0 radical (unpaired) electrons. The lowest BCUT2D eigenvalue weighted by molar-refractivity contribution is -0.320. The van der Waals surface area contributed by atoms with Gasteiger partial charge in [0.05, 0.1) is 42.2 Å². The molecule has 1 aliphatic rings. The monoisotopic (exact) mass is 778 g/mol. The van der Waals surface area contributed by atoms with Crippen LogP contribution in [0.4, 0.5) is 0 Å². The largest absolute Gasteiger partial charge is 0.465 e. The molecular formula is C48H75NO7. The minimum Gasteiger partial charge on any atom is -0.465 e. The minimum atomic E-state index is -0.749. The number of hydrogen-bond acceptors (Lipinski definition) is 8. The van der Waals surface area contributed by atoms with Crippen LogP contribution < -0.4 is 0 Å². The van der Waals surface area contributed by atoms with Gasteiger partial charge in [0.1, 0.15) is 12.4 Å². The fourth-order valence-corrected chi connectivity index (χ4v) is 8.93. The summed E-state index contributed by atoms with van der Waals surface area (Å²) in [6.07, 6.45) is 4.35. The molecule has 1 fully saturated rings. The molecule has 8 heteroatoms. The number of unbranched alkanes of at least 4 members (excludes halogenated alkanes) is 1. The molecule has 3 rings (SSSR count). The van der Waals surface area contributed by atoms with Gasteiger partial charge in [0.25, 0.3) is 0 Å². The van der Waals surface area contributed by atoms with Crippen LogP contribution in [0.5, 0.6) is 0 Å². The second kappa shape index (κ2) is 20.6. The Bertz CT molecular complexity index is 1530. The van der Waals surface area contributed by atoms with Gasteiger partial charge in [0, 0.05) is 12.3 Å². The molecule has 9 atom stereocenters. The summed E-state index contributed by atoms with van der Waals surface area (Å²) in [6.45, 7) is 25.3. The van der Waals surface area contributed by atoms with Gasteiger partial charge in [0.2, 0.25) is 0 Å². The van der Waals surface area contributed by atoms with Gasteiger partial charge in [-0.05, 0) is 93.1 Å². The van der Waals surface area contributed by atoms with Crippen molar-refractivity contribution in [2.24, 2.45) is 34.5 Å². The average molecular weight is 778 g/mol. The molecule has 1 heterocycles. The standard InChI is InChI=1S/C48H75NO7/c1-13-16-28-54-43(52)40(31-45(8,9)34(4)39-25-21-18-22-26-39)35(5)46(10,30-38-23-19-17-20-24-38)32-41(44(53)55-29-27-50)37(7)56-49-47(11,14-2)33-42(51)36(6)48(49,12)15-3/h17-26,34-37,40-41,50H,13-16,27-33H2,1-12H3. The number of Topliss-reactive ketones (excluding diaryl/α,β-unsaturated/α-hetero) is 1. The normalized spacial score (nSPS) is 24.4. The molecule has 0 bridgehead atoms. The number of hydrogen-bond donors (Lipinski definition) is 1. The first-order valence-electron chi connectivity index (χ1n) is 21.4.